The highest BCUT2D eigenvalue weighted by Gasteiger charge is 2.20. The van der Waals surface area contributed by atoms with Crippen molar-refractivity contribution >= 4 is 18.0 Å². The molecule has 0 heterocycles. The molecular weight excluding hydrogens is 260 g/mol. The molecule has 0 rings (SSSR count). The van der Waals surface area contributed by atoms with E-state index in [1.54, 1.807) is 0 Å². The molecule has 9 heteroatoms. The molecule has 0 aliphatic rings. The topological polar surface area (TPSA) is 125 Å². The van der Waals surface area contributed by atoms with Crippen LogP contribution in [0, 0.1) is 0 Å². The van der Waals surface area contributed by atoms with Crippen LogP contribution in [0.15, 0.2) is 0 Å². The van der Waals surface area contributed by atoms with Crippen LogP contribution in [-0.2, 0) is 19.1 Å². The maximum absolute atomic E-state index is 11.6. The van der Waals surface area contributed by atoms with Gasteiger partial charge in [0.25, 0.3) is 0 Å². The minimum atomic E-state index is -1.29. The Balaban J connectivity index is 4.37. The number of urea groups is 1. The number of rotatable bonds is 9. The predicted molar refractivity (Wildman–Crippen MR) is 62.9 cm³/mol. The van der Waals surface area contributed by atoms with Gasteiger partial charge in [-0.25, -0.2) is 4.79 Å². The Hall–Kier alpha value is -1.87. The molecule has 0 aromatic rings. The van der Waals surface area contributed by atoms with E-state index in [2.05, 4.69) is 5.32 Å². The Labute approximate surface area is 110 Å². The Morgan fingerprint density at radius 2 is 1.68 bits per heavy atom. The molecule has 0 bridgehead atoms. The first-order valence-electron chi connectivity index (χ1n) is 5.38. The molecule has 19 heavy (non-hydrogen) atoms. The van der Waals surface area contributed by atoms with E-state index in [4.69, 9.17) is 19.7 Å². The van der Waals surface area contributed by atoms with Gasteiger partial charge < -0.3 is 29.9 Å². The summed E-state index contributed by atoms with van der Waals surface area (Å²) in [5.41, 5.74) is 0. The standard InChI is InChI=1S/C10H18N2O7/c1-18-6-7(19-2)3-11-10(17)12(4-8(13)14)5-9(15)16/h7H,3-6H2,1-2H3,(H,11,17)(H,13,14)(H,15,16). The van der Waals surface area contributed by atoms with Crippen molar-refractivity contribution in [1.29, 1.82) is 0 Å². The van der Waals surface area contributed by atoms with Gasteiger partial charge in [0.05, 0.1) is 12.7 Å². The molecule has 1 unspecified atom stereocenters. The first kappa shape index (κ1) is 17.1. The van der Waals surface area contributed by atoms with Crippen LogP contribution >= 0.6 is 0 Å². The van der Waals surface area contributed by atoms with Gasteiger partial charge in [-0.1, -0.05) is 0 Å². The van der Waals surface area contributed by atoms with Crippen molar-refractivity contribution < 1.29 is 34.1 Å². The molecule has 0 aromatic heterocycles. The molecular formula is C10H18N2O7. The van der Waals surface area contributed by atoms with Crippen LogP contribution in [0.25, 0.3) is 0 Å². The molecule has 9 nitrogen and oxygen atoms in total. The van der Waals surface area contributed by atoms with Crippen molar-refractivity contribution in [3.8, 4) is 0 Å². The molecule has 0 aliphatic carbocycles. The number of ether oxygens (including phenoxy) is 2. The number of carbonyl (C=O) groups excluding carboxylic acids is 1. The smallest absolute Gasteiger partial charge is 0.323 e. The third kappa shape index (κ3) is 7.95. The van der Waals surface area contributed by atoms with Crippen molar-refractivity contribution in [1.82, 2.24) is 10.2 Å². The van der Waals surface area contributed by atoms with E-state index in [1.807, 2.05) is 0 Å². The quantitative estimate of drug-likeness (QED) is 0.485. The van der Waals surface area contributed by atoms with E-state index in [0.29, 0.717) is 4.90 Å². The van der Waals surface area contributed by atoms with Crippen LogP contribution in [0.4, 0.5) is 4.79 Å². The SMILES string of the molecule is COCC(CNC(=O)N(CC(=O)O)CC(=O)O)OC. The van der Waals surface area contributed by atoms with E-state index in [1.165, 1.54) is 14.2 Å². The molecule has 0 spiro atoms. The maximum atomic E-state index is 11.6. The van der Waals surface area contributed by atoms with Crippen molar-refractivity contribution in [3.05, 3.63) is 0 Å². The normalized spacial score (nSPS) is 11.7. The Kier molecular flexibility index (Phi) is 8.22. The van der Waals surface area contributed by atoms with Crippen LogP contribution in [0.5, 0.6) is 0 Å². The highest BCUT2D eigenvalue weighted by atomic mass is 16.5. The molecule has 0 aromatic carbocycles. The zero-order valence-corrected chi connectivity index (χ0v) is 10.8. The molecule has 1 atom stereocenters. The molecule has 0 radical (unpaired) electrons. The third-order valence-corrected chi connectivity index (χ3v) is 2.11. The van der Waals surface area contributed by atoms with E-state index in [-0.39, 0.29) is 13.2 Å². The molecule has 2 amide bonds. The summed E-state index contributed by atoms with van der Waals surface area (Å²) in [5.74, 6) is -2.59. The van der Waals surface area contributed by atoms with Crippen LogP contribution in [-0.4, -0.2) is 79.6 Å². The number of nitrogens with one attached hydrogen (secondary N) is 1. The van der Waals surface area contributed by atoms with E-state index < -0.39 is 37.2 Å². The summed E-state index contributed by atoms with van der Waals surface area (Å²) in [7, 11) is 2.90. The lowest BCUT2D eigenvalue weighted by Gasteiger charge is -2.21. The zero-order chi connectivity index (χ0) is 14.8. The highest BCUT2D eigenvalue weighted by molar-refractivity contribution is 5.84. The molecule has 0 saturated carbocycles. The minimum Gasteiger partial charge on any atom is -0.480 e. The summed E-state index contributed by atoms with van der Waals surface area (Å²) >= 11 is 0. The first-order chi connectivity index (χ1) is 8.90. The second-order valence-corrected chi connectivity index (χ2v) is 3.64. The largest absolute Gasteiger partial charge is 0.480 e. The average Bonchev–Trinajstić information content (AvgIpc) is 2.32. The summed E-state index contributed by atoms with van der Waals surface area (Å²) in [6, 6.07) is -0.789. The van der Waals surface area contributed by atoms with Crippen LogP contribution in [0.1, 0.15) is 0 Å². The van der Waals surface area contributed by atoms with Crippen LogP contribution in [0.2, 0.25) is 0 Å². The number of aliphatic carboxylic acids is 2. The van der Waals surface area contributed by atoms with E-state index in [9.17, 15) is 14.4 Å². The van der Waals surface area contributed by atoms with Crippen LogP contribution < -0.4 is 5.32 Å². The number of carboxylic acids is 2. The summed E-state index contributed by atoms with van der Waals surface area (Å²) in [6.45, 7) is -1.06. The van der Waals surface area contributed by atoms with Crippen molar-refractivity contribution in [3.63, 3.8) is 0 Å². The Morgan fingerprint density at radius 3 is 2.05 bits per heavy atom. The van der Waals surface area contributed by atoms with Gasteiger partial charge >= 0.3 is 18.0 Å². The Morgan fingerprint density at radius 1 is 1.16 bits per heavy atom. The fourth-order valence-electron chi connectivity index (χ4n) is 1.24. The number of carbonyl (C=O) groups is 3. The number of hydrogen-bond donors (Lipinski definition) is 3. The van der Waals surface area contributed by atoms with Gasteiger partial charge in [0, 0.05) is 20.8 Å². The van der Waals surface area contributed by atoms with Crippen LogP contribution in [0.3, 0.4) is 0 Å². The second-order valence-electron chi connectivity index (χ2n) is 3.64. The number of amides is 2. The summed E-state index contributed by atoms with van der Waals surface area (Å²) in [5, 5.41) is 19.6. The molecule has 110 valence electrons. The molecule has 3 N–H and O–H groups in total. The van der Waals surface area contributed by atoms with E-state index >= 15 is 0 Å². The molecule has 0 saturated heterocycles. The second kappa shape index (κ2) is 9.11. The minimum absolute atomic E-state index is 0.0823. The van der Waals surface area contributed by atoms with E-state index in [0.717, 1.165) is 0 Å². The number of hydrogen-bond acceptors (Lipinski definition) is 5. The molecule has 0 aliphatic heterocycles. The van der Waals surface area contributed by atoms with Gasteiger partial charge in [-0.15, -0.1) is 0 Å². The average molecular weight is 278 g/mol. The number of carboxylic acid groups (broad SMARTS) is 2. The van der Waals surface area contributed by atoms with Gasteiger partial charge in [-0.3, -0.25) is 9.59 Å². The lowest BCUT2D eigenvalue weighted by Crippen LogP contribution is -2.47. The highest BCUT2D eigenvalue weighted by Crippen LogP contribution is 1.93. The third-order valence-electron chi connectivity index (χ3n) is 2.11. The van der Waals surface area contributed by atoms with Gasteiger partial charge in [-0.05, 0) is 0 Å². The van der Waals surface area contributed by atoms with Gasteiger partial charge in [0.2, 0.25) is 0 Å². The molecule has 0 fully saturated rings. The fraction of sp³-hybridized carbons (Fsp3) is 0.700. The van der Waals surface area contributed by atoms with Gasteiger partial charge in [-0.2, -0.15) is 0 Å². The van der Waals surface area contributed by atoms with Crippen molar-refractivity contribution in [2.75, 3.05) is 40.5 Å². The summed E-state index contributed by atoms with van der Waals surface area (Å²) < 4.78 is 9.83. The monoisotopic (exact) mass is 278 g/mol. The summed E-state index contributed by atoms with van der Waals surface area (Å²) in [6.07, 6.45) is -0.398. The predicted octanol–water partition coefficient (Wildman–Crippen LogP) is -1.17. The Bertz CT molecular complexity index is 305. The number of nitrogens with zero attached hydrogens (tertiary/aromatic N) is 1. The lowest BCUT2D eigenvalue weighted by atomic mass is 10.3. The van der Waals surface area contributed by atoms with Gasteiger partial charge in [0.1, 0.15) is 13.1 Å². The fourth-order valence-corrected chi connectivity index (χ4v) is 1.24. The lowest BCUT2D eigenvalue weighted by molar-refractivity contribution is -0.140. The van der Waals surface area contributed by atoms with Gasteiger partial charge in [0.15, 0.2) is 0 Å². The number of methoxy groups -OCH3 is 2. The zero-order valence-electron chi connectivity index (χ0n) is 10.8. The first-order valence-corrected chi connectivity index (χ1v) is 5.38. The van der Waals surface area contributed by atoms with Crippen molar-refractivity contribution in [2.24, 2.45) is 0 Å². The summed E-state index contributed by atoms with van der Waals surface area (Å²) in [4.78, 5) is 33.4. The van der Waals surface area contributed by atoms with Crippen molar-refractivity contribution in [2.45, 2.75) is 6.10 Å². The maximum Gasteiger partial charge on any atom is 0.323 e.